The molecule has 0 spiro atoms. The van der Waals surface area contributed by atoms with Crippen LogP contribution < -0.4 is 5.73 Å². The van der Waals surface area contributed by atoms with Gasteiger partial charge in [0.25, 0.3) is 0 Å². The summed E-state index contributed by atoms with van der Waals surface area (Å²) in [5.74, 6) is 1.57. The van der Waals surface area contributed by atoms with E-state index in [4.69, 9.17) is 10.2 Å². The number of nitrogen functional groups attached to an aromatic ring is 1. The van der Waals surface area contributed by atoms with Gasteiger partial charge < -0.3 is 10.2 Å². The molecular weight excluding hydrogens is 204 g/mol. The van der Waals surface area contributed by atoms with E-state index >= 15 is 0 Å². The van der Waals surface area contributed by atoms with E-state index in [1.165, 1.54) is 0 Å². The molecule has 0 aliphatic rings. The minimum atomic E-state index is 0.592. The van der Waals surface area contributed by atoms with Gasteiger partial charge in [-0.1, -0.05) is 0 Å². The predicted octanol–water partition coefficient (Wildman–Crippen LogP) is 1.50. The van der Waals surface area contributed by atoms with Crippen molar-refractivity contribution < 1.29 is 4.42 Å². The molecule has 3 rings (SSSR count). The van der Waals surface area contributed by atoms with Crippen molar-refractivity contribution in [3.63, 3.8) is 0 Å². The highest BCUT2D eigenvalue weighted by molar-refractivity contribution is 5.46. The summed E-state index contributed by atoms with van der Waals surface area (Å²) < 4.78 is 6.92. The Labute approximate surface area is 91.5 Å². The van der Waals surface area contributed by atoms with E-state index in [2.05, 4.69) is 10.1 Å². The van der Waals surface area contributed by atoms with Crippen LogP contribution in [0.15, 0.2) is 41.1 Å². The fourth-order valence-corrected chi connectivity index (χ4v) is 1.59. The molecular formula is C11H10N4O. The summed E-state index contributed by atoms with van der Waals surface area (Å²) in [4.78, 5) is 4.36. The molecule has 0 fully saturated rings. The number of aromatic nitrogens is 3. The molecule has 0 unspecified atom stereocenters. The van der Waals surface area contributed by atoms with Crippen molar-refractivity contribution in [3.05, 3.63) is 48.3 Å². The van der Waals surface area contributed by atoms with E-state index in [1.807, 2.05) is 18.2 Å². The predicted molar refractivity (Wildman–Crippen MR) is 58.9 cm³/mol. The lowest BCUT2D eigenvalue weighted by molar-refractivity contribution is 0.517. The third kappa shape index (κ3) is 1.52. The maximum Gasteiger partial charge on any atom is 0.159 e. The van der Waals surface area contributed by atoms with Gasteiger partial charge in [-0.05, 0) is 24.3 Å². The van der Waals surface area contributed by atoms with Gasteiger partial charge >= 0.3 is 0 Å². The summed E-state index contributed by atoms with van der Waals surface area (Å²) in [7, 11) is 0. The lowest BCUT2D eigenvalue weighted by Crippen LogP contribution is -1.92. The van der Waals surface area contributed by atoms with Crippen molar-refractivity contribution in [2.45, 2.75) is 6.42 Å². The molecule has 0 atom stereocenters. The van der Waals surface area contributed by atoms with Gasteiger partial charge in [0.1, 0.15) is 5.76 Å². The SMILES string of the molecule is Nc1ccc2nc(Cc3ccco3)nn2c1. The van der Waals surface area contributed by atoms with E-state index < -0.39 is 0 Å². The highest BCUT2D eigenvalue weighted by atomic mass is 16.3. The number of pyridine rings is 1. The smallest absolute Gasteiger partial charge is 0.159 e. The van der Waals surface area contributed by atoms with Gasteiger partial charge in [-0.2, -0.15) is 5.10 Å². The molecule has 0 aliphatic carbocycles. The van der Waals surface area contributed by atoms with Crippen molar-refractivity contribution in [1.82, 2.24) is 14.6 Å². The van der Waals surface area contributed by atoms with Gasteiger partial charge in [-0.3, -0.25) is 0 Å². The first-order valence-corrected chi connectivity index (χ1v) is 4.94. The van der Waals surface area contributed by atoms with Crippen LogP contribution in [-0.4, -0.2) is 14.6 Å². The number of anilines is 1. The number of furan rings is 1. The van der Waals surface area contributed by atoms with Crippen LogP contribution in [0, 0.1) is 0 Å². The van der Waals surface area contributed by atoms with E-state index in [1.54, 1.807) is 23.0 Å². The second-order valence-electron chi connectivity index (χ2n) is 3.55. The first-order chi connectivity index (χ1) is 7.81. The highest BCUT2D eigenvalue weighted by Gasteiger charge is 2.06. The molecule has 5 nitrogen and oxygen atoms in total. The van der Waals surface area contributed by atoms with Crippen molar-refractivity contribution >= 4 is 11.3 Å². The average Bonchev–Trinajstić information content (AvgIpc) is 2.86. The number of fused-ring (bicyclic) bond motifs is 1. The number of hydrogen-bond acceptors (Lipinski definition) is 4. The van der Waals surface area contributed by atoms with Gasteiger partial charge in [-0.15, -0.1) is 0 Å². The third-order valence-electron chi connectivity index (χ3n) is 2.31. The molecule has 3 heterocycles. The molecule has 0 amide bonds. The Morgan fingerprint density at radius 1 is 1.31 bits per heavy atom. The molecule has 0 aromatic carbocycles. The lowest BCUT2D eigenvalue weighted by atomic mass is 10.3. The Hall–Kier alpha value is -2.30. The molecule has 0 bridgehead atoms. The molecule has 0 radical (unpaired) electrons. The lowest BCUT2D eigenvalue weighted by Gasteiger charge is -1.91. The van der Waals surface area contributed by atoms with Crippen molar-refractivity contribution in [3.8, 4) is 0 Å². The molecule has 5 heteroatoms. The summed E-state index contributed by atoms with van der Waals surface area (Å²) in [5, 5.41) is 4.31. The topological polar surface area (TPSA) is 69.3 Å². The van der Waals surface area contributed by atoms with E-state index in [9.17, 15) is 0 Å². The second kappa shape index (κ2) is 3.37. The summed E-state index contributed by atoms with van der Waals surface area (Å²) in [6.07, 6.45) is 3.98. The van der Waals surface area contributed by atoms with Gasteiger partial charge in [0.2, 0.25) is 0 Å². The zero-order chi connectivity index (χ0) is 11.0. The molecule has 2 N–H and O–H groups in total. The van der Waals surface area contributed by atoms with Crippen LogP contribution in [0.2, 0.25) is 0 Å². The van der Waals surface area contributed by atoms with E-state index in [-0.39, 0.29) is 0 Å². The van der Waals surface area contributed by atoms with Gasteiger partial charge in [0.05, 0.1) is 24.6 Å². The monoisotopic (exact) mass is 214 g/mol. The molecule has 3 aromatic heterocycles. The fraction of sp³-hybridized carbons (Fsp3) is 0.0909. The third-order valence-corrected chi connectivity index (χ3v) is 2.31. The van der Waals surface area contributed by atoms with Crippen LogP contribution in [0.3, 0.4) is 0 Å². The van der Waals surface area contributed by atoms with E-state index in [0.29, 0.717) is 12.1 Å². The standard InChI is InChI=1S/C11H10N4O/c12-8-3-4-11-13-10(14-15(11)7-8)6-9-2-1-5-16-9/h1-5,7H,6,12H2. The fourth-order valence-electron chi connectivity index (χ4n) is 1.59. The number of nitrogens with two attached hydrogens (primary N) is 1. The van der Waals surface area contributed by atoms with Crippen LogP contribution >= 0.6 is 0 Å². The van der Waals surface area contributed by atoms with Crippen LogP contribution in [-0.2, 0) is 6.42 Å². The number of rotatable bonds is 2. The maximum atomic E-state index is 5.66. The normalized spacial score (nSPS) is 11.0. The van der Waals surface area contributed by atoms with Crippen LogP contribution in [0.25, 0.3) is 5.65 Å². The average molecular weight is 214 g/mol. The zero-order valence-corrected chi connectivity index (χ0v) is 8.50. The van der Waals surface area contributed by atoms with Crippen LogP contribution in [0.4, 0.5) is 5.69 Å². The Morgan fingerprint density at radius 2 is 2.25 bits per heavy atom. The Bertz CT molecular complexity index is 612. The zero-order valence-electron chi connectivity index (χ0n) is 8.50. The van der Waals surface area contributed by atoms with Crippen molar-refractivity contribution in [1.29, 1.82) is 0 Å². The molecule has 80 valence electrons. The minimum Gasteiger partial charge on any atom is -0.469 e. The summed E-state index contributed by atoms with van der Waals surface area (Å²) in [6, 6.07) is 7.40. The molecule has 0 aliphatic heterocycles. The molecule has 0 saturated heterocycles. The van der Waals surface area contributed by atoms with Gasteiger partial charge in [0.15, 0.2) is 11.5 Å². The number of hydrogen-bond donors (Lipinski definition) is 1. The summed E-state index contributed by atoms with van der Waals surface area (Å²) >= 11 is 0. The minimum absolute atomic E-state index is 0.592. The Morgan fingerprint density at radius 3 is 3.06 bits per heavy atom. The summed E-state index contributed by atoms with van der Waals surface area (Å²) in [6.45, 7) is 0. The molecule has 16 heavy (non-hydrogen) atoms. The molecule has 3 aromatic rings. The highest BCUT2D eigenvalue weighted by Crippen LogP contribution is 2.10. The molecule has 0 saturated carbocycles. The second-order valence-corrected chi connectivity index (χ2v) is 3.55. The van der Waals surface area contributed by atoms with Crippen molar-refractivity contribution in [2.75, 3.05) is 5.73 Å². The van der Waals surface area contributed by atoms with Crippen LogP contribution in [0.1, 0.15) is 11.6 Å². The summed E-state index contributed by atoms with van der Waals surface area (Å²) in [5.41, 5.74) is 7.12. The number of nitrogens with zero attached hydrogens (tertiary/aromatic N) is 3. The Kier molecular flexibility index (Phi) is 1.89. The quantitative estimate of drug-likeness (QED) is 0.701. The van der Waals surface area contributed by atoms with Crippen LogP contribution in [0.5, 0.6) is 0 Å². The Balaban J connectivity index is 1.99. The van der Waals surface area contributed by atoms with E-state index in [0.717, 1.165) is 17.2 Å². The first-order valence-electron chi connectivity index (χ1n) is 4.94. The van der Waals surface area contributed by atoms with Gasteiger partial charge in [0, 0.05) is 0 Å². The maximum absolute atomic E-state index is 5.66. The van der Waals surface area contributed by atoms with Crippen molar-refractivity contribution in [2.24, 2.45) is 0 Å². The van der Waals surface area contributed by atoms with Gasteiger partial charge in [-0.25, -0.2) is 9.50 Å². The largest absolute Gasteiger partial charge is 0.469 e. The first kappa shape index (κ1) is 8.96.